The first-order valence-corrected chi connectivity index (χ1v) is 8.97. The van der Waals surface area contributed by atoms with Gasteiger partial charge >= 0.3 is 13.5 Å². The average Bonchev–Trinajstić information content (AvgIpc) is 2.40. The Morgan fingerprint density at radius 1 is 1.33 bits per heavy atom. The number of nitrogens with one attached hydrogen (secondary N) is 1. The summed E-state index contributed by atoms with van der Waals surface area (Å²) in [6, 6.07) is 6.02. The zero-order valence-electron chi connectivity index (χ0n) is 12.6. The second-order valence-electron chi connectivity index (χ2n) is 4.85. The molecule has 2 atom stereocenters. The molecule has 1 rings (SSSR count). The van der Waals surface area contributed by atoms with Crippen molar-refractivity contribution in [3.05, 3.63) is 29.3 Å². The fourth-order valence-corrected chi connectivity index (χ4v) is 3.31. The molecule has 0 aliphatic rings. The summed E-state index contributed by atoms with van der Waals surface area (Å²) in [6.07, 6.45) is -0.00964. The van der Waals surface area contributed by atoms with Crippen LogP contribution in [0.1, 0.15) is 27.7 Å². The molecule has 0 aliphatic heterocycles. The highest BCUT2D eigenvalue weighted by molar-refractivity contribution is 7.57. The van der Waals surface area contributed by atoms with E-state index in [9.17, 15) is 9.36 Å². The topological polar surface area (TPSA) is 64.6 Å². The van der Waals surface area contributed by atoms with Crippen molar-refractivity contribution in [2.75, 3.05) is 6.16 Å². The number of hydrogen-bond acceptors (Lipinski definition) is 4. The number of rotatable bonds is 7. The number of carbonyl (C=O) groups excluding carboxylic acids is 1. The highest BCUT2D eigenvalue weighted by Crippen LogP contribution is 2.45. The van der Waals surface area contributed by atoms with Crippen LogP contribution in [-0.4, -0.2) is 24.3 Å². The molecule has 0 saturated carbocycles. The normalized spacial score (nSPS) is 15.3. The Bertz CT molecular complexity index is 535. The standard InChI is InChI=1S/C14H21ClNO4P/c1-5-21(18,16-11(4)14(17)19-10(2)3)20-13-9-7-6-8-12(13)15/h6-11H,5H2,1-4H3,(H,16,18)/t11-,21?/m0/s1. The summed E-state index contributed by atoms with van der Waals surface area (Å²) in [6.45, 7) is 6.81. The number of para-hydroxylation sites is 1. The van der Waals surface area contributed by atoms with Crippen molar-refractivity contribution >= 4 is 25.1 Å². The number of halogens is 1. The second-order valence-corrected chi connectivity index (χ2v) is 7.68. The summed E-state index contributed by atoms with van der Waals surface area (Å²) in [5, 5.41) is 3.09. The molecule has 0 radical (unpaired) electrons. The first kappa shape index (κ1) is 18.0. The van der Waals surface area contributed by atoms with Crippen LogP contribution >= 0.6 is 19.1 Å². The van der Waals surface area contributed by atoms with Crippen LogP contribution in [0.3, 0.4) is 0 Å². The number of ether oxygens (including phenoxy) is 1. The number of hydrogen-bond donors (Lipinski definition) is 1. The van der Waals surface area contributed by atoms with E-state index in [1.165, 1.54) is 0 Å². The van der Waals surface area contributed by atoms with Crippen LogP contribution in [-0.2, 0) is 14.1 Å². The fourth-order valence-electron chi connectivity index (χ4n) is 1.54. The minimum absolute atomic E-state index is 0.220. The summed E-state index contributed by atoms with van der Waals surface area (Å²) in [4.78, 5) is 11.8. The van der Waals surface area contributed by atoms with E-state index >= 15 is 0 Å². The van der Waals surface area contributed by atoms with E-state index in [2.05, 4.69) is 5.09 Å². The van der Waals surface area contributed by atoms with E-state index in [1.807, 2.05) is 0 Å². The average molecular weight is 334 g/mol. The van der Waals surface area contributed by atoms with E-state index in [-0.39, 0.29) is 12.3 Å². The second kappa shape index (κ2) is 7.83. The summed E-state index contributed by atoms with van der Waals surface area (Å²) < 4.78 is 23.3. The summed E-state index contributed by atoms with van der Waals surface area (Å²) in [7, 11) is -3.24. The molecule has 118 valence electrons. The van der Waals surface area contributed by atoms with E-state index < -0.39 is 19.5 Å². The quantitative estimate of drug-likeness (QED) is 0.606. The van der Waals surface area contributed by atoms with Gasteiger partial charge < -0.3 is 9.26 Å². The van der Waals surface area contributed by atoms with Gasteiger partial charge in [0.25, 0.3) is 0 Å². The van der Waals surface area contributed by atoms with E-state index in [4.69, 9.17) is 20.9 Å². The molecule has 0 saturated heterocycles. The molecule has 0 amide bonds. The van der Waals surface area contributed by atoms with Crippen molar-refractivity contribution in [1.29, 1.82) is 0 Å². The molecule has 0 aliphatic carbocycles. The summed E-state index contributed by atoms with van der Waals surface area (Å²) in [5.74, 6) is -0.150. The SMILES string of the molecule is CCP(=O)(N[C@@H](C)C(=O)OC(C)C)Oc1ccccc1Cl. The van der Waals surface area contributed by atoms with Gasteiger partial charge in [-0.2, -0.15) is 0 Å². The van der Waals surface area contributed by atoms with Crippen molar-refractivity contribution in [1.82, 2.24) is 5.09 Å². The van der Waals surface area contributed by atoms with E-state index in [1.54, 1.807) is 52.0 Å². The smallest absolute Gasteiger partial charge is 0.323 e. The Kier molecular flexibility index (Phi) is 6.72. The lowest BCUT2D eigenvalue weighted by Gasteiger charge is -2.23. The van der Waals surface area contributed by atoms with Crippen LogP contribution in [0.15, 0.2) is 24.3 Å². The van der Waals surface area contributed by atoms with Crippen molar-refractivity contribution < 1.29 is 18.6 Å². The molecule has 1 aromatic rings. The summed E-state index contributed by atoms with van der Waals surface area (Å²) in [5.41, 5.74) is 0. The third-order valence-corrected chi connectivity index (χ3v) is 5.01. The molecule has 0 spiro atoms. The minimum atomic E-state index is -3.24. The van der Waals surface area contributed by atoms with Crippen molar-refractivity contribution in [2.24, 2.45) is 0 Å². The van der Waals surface area contributed by atoms with E-state index in [0.717, 1.165) is 0 Å². The Hall–Kier alpha value is -1.03. The number of benzene rings is 1. The van der Waals surface area contributed by atoms with Crippen LogP contribution in [0.2, 0.25) is 5.02 Å². The first-order chi connectivity index (χ1) is 9.77. The molecule has 0 bridgehead atoms. The van der Waals surface area contributed by atoms with Gasteiger partial charge in [-0.3, -0.25) is 9.36 Å². The van der Waals surface area contributed by atoms with Crippen molar-refractivity contribution in [3.8, 4) is 5.75 Å². The maximum absolute atomic E-state index is 12.7. The Balaban J connectivity index is 2.79. The minimum Gasteiger partial charge on any atom is -0.462 e. The Labute approximate surface area is 130 Å². The molecular formula is C14H21ClNO4P. The summed E-state index contributed by atoms with van der Waals surface area (Å²) >= 11 is 5.99. The third kappa shape index (κ3) is 5.70. The van der Waals surface area contributed by atoms with Gasteiger partial charge in [0.1, 0.15) is 11.8 Å². The zero-order chi connectivity index (χ0) is 16.0. The lowest BCUT2D eigenvalue weighted by Crippen LogP contribution is -2.36. The number of carbonyl (C=O) groups is 1. The van der Waals surface area contributed by atoms with Gasteiger partial charge in [0.15, 0.2) is 0 Å². The van der Waals surface area contributed by atoms with Gasteiger partial charge in [0, 0.05) is 6.16 Å². The highest BCUT2D eigenvalue weighted by Gasteiger charge is 2.29. The molecule has 1 aromatic carbocycles. The zero-order valence-corrected chi connectivity index (χ0v) is 14.3. The highest BCUT2D eigenvalue weighted by atomic mass is 35.5. The first-order valence-electron chi connectivity index (χ1n) is 6.79. The monoisotopic (exact) mass is 333 g/mol. The molecule has 0 fully saturated rings. The van der Waals surface area contributed by atoms with Gasteiger partial charge in [-0.25, -0.2) is 5.09 Å². The lowest BCUT2D eigenvalue weighted by atomic mass is 10.3. The molecule has 7 heteroatoms. The maximum atomic E-state index is 12.7. The van der Waals surface area contributed by atoms with Gasteiger partial charge in [-0.05, 0) is 32.9 Å². The predicted octanol–water partition coefficient (Wildman–Crippen LogP) is 3.86. The molecule has 5 nitrogen and oxygen atoms in total. The van der Waals surface area contributed by atoms with Crippen molar-refractivity contribution in [2.45, 2.75) is 39.8 Å². The van der Waals surface area contributed by atoms with Crippen LogP contribution in [0.4, 0.5) is 0 Å². The van der Waals surface area contributed by atoms with Gasteiger partial charge in [0.05, 0.1) is 11.1 Å². The third-order valence-electron chi connectivity index (χ3n) is 2.59. The maximum Gasteiger partial charge on any atom is 0.323 e. The molecule has 0 aromatic heterocycles. The Morgan fingerprint density at radius 3 is 2.48 bits per heavy atom. The largest absolute Gasteiger partial charge is 0.462 e. The van der Waals surface area contributed by atoms with Crippen molar-refractivity contribution in [3.63, 3.8) is 0 Å². The van der Waals surface area contributed by atoms with Crippen LogP contribution in [0.5, 0.6) is 5.75 Å². The molecule has 0 heterocycles. The van der Waals surface area contributed by atoms with Gasteiger partial charge in [0.2, 0.25) is 0 Å². The molecule has 21 heavy (non-hydrogen) atoms. The molecule has 1 N–H and O–H groups in total. The lowest BCUT2D eigenvalue weighted by molar-refractivity contribution is -0.149. The Morgan fingerprint density at radius 2 is 1.95 bits per heavy atom. The van der Waals surface area contributed by atoms with Crippen LogP contribution < -0.4 is 9.61 Å². The number of esters is 1. The fraction of sp³-hybridized carbons (Fsp3) is 0.500. The molecule has 1 unspecified atom stereocenters. The molecular weight excluding hydrogens is 313 g/mol. The van der Waals surface area contributed by atoms with E-state index in [0.29, 0.717) is 10.8 Å². The van der Waals surface area contributed by atoms with Gasteiger partial charge in [-0.15, -0.1) is 0 Å². The van der Waals surface area contributed by atoms with Crippen LogP contribution in [0.25, 0.3) is 0 Å². The van der Waals surface area contributed by atoms with Crippen LogP contribution in [0, 0.1) is 0 Å². The van der Waals surface area contributed by atoms with Gasteiger partial charge in [-0.1, -0.05) is 30.7 Å². The predicted molar refractivity (Wildman–Crippen MR) is 84.1 cm³/mol.